The summed E-state index contributed by atoms with van der Waals surface area (Å²) in [6.45, 7) is 1.80. The molecule has 0 aliphatic carbocycles. The molecule has 5 rings (SSSR count). The molecule has 0 atom stereocenters. The van der Waals surface area contributed by atoms with E-state index in [0.29, 0.717) is 51.8 Å². The van der Waals surface area contributed by atoms with Gasteiger partial charge >= 0.3 is 5.97 Å². The predicted octanol–water partition coefficient (Wildman–Crippen LogP) is 6.80. The van der Waals surface area contributed by atoms with Crippen LogP contribution >= 0.6 is 23.2 Å². The topological polar surface area (TPSA) is 53.4 Å². The van der Waals surface area contributed by atoms with E-state index in [9.17, 15) is 9.90 Å². The summed E-state index contributed by atoms with van der Waals surface area (Å²) in [4.78, 5) is 19.5. The van der Waals surface area contributed by atoms with Crippen LogP contribution in [0.2, 0.25) is 10.0 Å². The van der Waals surface area contributed by atoms with E-state index in [0.717, 1.165) is 22.3 Å². The van der Waals surface area contributed by atoms with Crippen molar-refractivity contribution in [2.45, 2.75) is 13.1 Å². The Morgan fingerprint density at radius 3 is 2.52 bits per heavy atom. The summed E-state index contributed by atoms with van der Waals surface area (Å²) in [5.74, 6) is -0.949. The minimum atomic E-state index is -0.949. The van der Waals surface area contributed by atoms with Gasteiger partial charge in [-0.2, -0.15) is 0 Å². The quantitative estimate of drug-likeness (QED) is 0.353. The average molecular weight is 475 g/mol. The van der Waals surface area contributed by atoms with Gasteiger partial charge in [0.1, 0.15) is 0 Å². The lowest BCUT2D eigenvalue weighted by molar-refractivity contribution is 0.0696. The van der Waals surface area contributed by atoms with Crippen molar-refractivity contribution in [2.24, 2.45) is 0 Å². The highest BCUT2D eigenvalue weighted by Gasteiger charge is 2.28. The molecule has 1 aromatic heterocycles. The molecule has 0 fully saturated rings. The van der Waals surface area contributed by atoms with Gasteiger partial charge in [-0.15, -0.1) is 0 Å². The number of rotatable bonds is 4. The van der Waals surface area contributed by atoms with Crippen LogP contribution in [0.4, 0.5) is 0 Å². The van der Waals surface area contributed by atoms with Gasteiger partial charge in [0.15, 0.2) is 0 Å². The Balaban J connectivity index is 1.70. The predicted molar refractivity (Wildman–Crippen MR) is 134 cm³/mol. The third-order valence-electron chi connectivity index (χ3n) is 5.83. The van der Waals surface area contributed by atoms with Crippen molar-refractivity contribution in [1.82, 2.24) is 9.88 Å². The molecular formula is C27H20Cl2N2O2. The zero-order valence-corrected chi connectivity index (χ0v) is 19.1. The second kappa shape index (κ2) is 8.99. The van der Waals surface area contributed by atoms with E-state index in [4.69, 9.17) is 28.2 Å². The van der Waals surface area contributed by atoms with Crippen molar-refractivity contribution in [3.8, 4) is 0 Å². The van der Waals surface area contributed by atoms with E-state index in [1.54, 1.807) is 12.1 Å². The van der Waals surface area contributed by atoms with Gasteiger partial charge in [-0.25, -0.2) is 9.78 Å². The molecule has 164 valence electrons. The van der Waals surface area contributed by atoms with Crippen LogP contribution in [0.1, 0.15) is 32.7 Å². The van der Waals surface area contributed by atoms with Gasteiger partial charge in [-0.05, 0) is 41.0 Å². The summed E-state index contributed by atoms with van der Waals surface area (Å²) < 4.78 is 0. The molecule has 3 aromatic carbocycles. The van der Waals surface area contributed by atoms with Crippen LogP contribution in [-0.4, -0.2) is 27.5 Å². The maximum Gasteiger partial charge on any atom is 0.336 e. The first-order chi connectivity index (χ1) is 16.0. The second-order valence-electron chi connectivity index (χ2n) is 8.10. The maximum atomic E-state index is 12.4. The van der Waals surface area contributed by atoms with Crippen LogP contribution in [0.25, 0.3) is 22.6 Å². The molecule has 4 nitrogen and oxygen atoms in total. The molecule has 2 heterocycles. The number of carboxylic acids is 1. The van der Waals surface area contributed by atoms with Crippen LogP contribution in [0.5, 0.6) is 0 Å². The molecule has 1 aliphatic rings. The van der Waals surface area contributed by atoms with Crippen LogP contribution in [0.3, 0.4) is 0 Å². The highest BCUT2D eigenvalue weighted by molar-refractivity contribution is 6.35. The molecule has 0 radical (unpaired) electrons. The third kappa shape index (κ3) is 4.38. The Kier molecular flexibility index (Phi) is 5.90. The number of carbonyl (C=O) groups is 1. The molecule has 0 unspecified atom stereocenters. The van der Waals surface area contributed by atoms with E-state index in [1.807, 2.05) is 54.6 Å². The Bertz CT molecular complexity index is 1400. The molecule has 4 aromatic rings. The zero-order valence-electron chi connectivity index (χ0n) is 17.6. The van der Waals surface area contributed by atoms with Crippen LogP contribution in [-0.2, 0) is 13.1 Å². The Hall–Kier alpha value is -3.18. The molecule has 0 amide bonds. The van der Waals surface area contributed by atoms with Crippen LogP contribution in [0.15, 0.2) is 72.8 Å². The van der Waals surface area contributed by atoms with E-state index in [2.05, 4.69) is 17.0 Å². The van der Waals surface area contributed by atoms with Gasteiger partial charge in [0.2, 0.25) is 0 Å². The van der Waals surface area contributed by atoms with Crippen LogP contribution < -0.4 is 0 Å². The molecule has 0 saturated heterocycles. The number of pyridine rings is 1. The average Bonchev–Trinajstić information content (AvgIpc) is 2.80. The first kappa shape index (κ1) is 21.7. The minimum Gasteiger partial charge on any atom is -0.478 e. The normalized spacial score (nSPS) is 15.0. The number of aromatic carboxylic acids is 1. The number of nitrogens with zero attached hydrogens (tertiary/aromatic N) is 2. The van der Waals surface area contributed by atoms with Crippen molar-refractivity contribution >= 4 is 51.7 Å². The molecule has 1 aliphatic heterocycles. The first-order valence-electron chi connectivity index (χ1n) is 10.6. The summed E-state index contributed by atoms with van der Waals surface area (Å²) in [5.41, 5.74) is 5.30. The number of hydrogen-bond acceptors (Lipinski definition) is 3. The fraction of sp³-hybridized carbons (Fsp3) is 0.111. The molecule has 33 heavy (non-hydrogen) atoms. The van der Waals surface area contributed by atoms with Crippen molar-refractivity contribution < 1.29 is 9.90 Å². The van der Waals surface area contributed by atoms with Crippen LogP contribution in [0, 0.1) is 0 Å². The number of carboxylic acid groups (broad SMARTS) is 1. The highest BCUT2D eigenvalue weighted by Crippen LogP contribution is 2.35. The lowest BCUT2D eigenvalue weighted by Crippen LogP contribution is -2.31. The van der Waals surface area contributed by atoms with Crippen molar-refractivity contribution in [3.63, 3.8) is 0 Å². The lowest BCUT2D eigenvalue weighted by Gasteiger charge is -2.31. The number of aromatic nitrogens is 1. The van der Waals surface area contributed by atoms with Crippen molar-refractivity contribution in [1.29, 1.82) is 0 Å². The van der Waals surface area contributed by atoms with E-state index in [1.165, 1.54) is 0 Å². The maximum absolute atomic E-state index is 12.4. The van der Waals surface area contributed by atoms with Gasteiger partial charge in [0, 0.05) is 40.6 Å². The number of benzene rings is 3. The molecule has 6 heteroatoms. The number of halogens is 2. The van der Waals surface area contributed by atoms with Gasteiger partial charge < -0.3 is 5.11 Å². The van der Waals surface area contributed by atoms with E-state index < -0.39 is 5.97 Å². The minimum absolute atomic E-state index is 0.307. The van der Waals surface area contributed by atoms with Crippen molar-refractivity contribution in [3.05, 3.63) is 111 Å². The summed E-state index contributed by atoms with van der Waals surface area (Å²) in [7, 11) is 0. The fourth-order valence-electron chi connectivity index (χ4n) is 4.38. The monoisotopic (exact) mass is 474 g/mol. The van der Waals surface area contributed by atoms with Gasteiger partial charge in [0.05, 0.1) is 16.8 Å². The molecule has 1 N–H and O–H groups in total. The van der Waals surface area contributed by atoms with Gasteiger partial charge in [-0.1, -0.05) is 77.8 Å². The number of fused-ring (bicyclic) bond motifs is 2. The Labute approximate surface area is 201 Å². The summed E-state index contributed by atoms with van der Waals surface area (Å²) in [5, 5.41) is 11.9. The standard InChI is InChI=1S/C27H20Cl2N2O2/c28-20-11-10-18(23(29)13-20)12-19-15-31(14-17-6-2-1-3-7-17)16-22-25(27(32)33)21-8-4-5-9-24(21)30-26(19)22/h1-13H,14-16H2,(H,32,33). The molecule has 0 spiro atoms. The summed E-state index contributed by atoms with van der Waals surface area (Å²) in [6.07, 6.45) is 1.99. The summed E-state index contributed by atoms with van der Waals surface area (Å²) in [6, 6.07) is 22.9. The third-order valence-corrected chi connectivity index (χ3v) is 6.39. The van der Waals surface area contributed by atoms with Crippen molar-refractivity contribution in [2.75, 3.05) is 6.54 Å². The highest BCUT2D eigenvalue weighted by atomic mass is 35.5. The lowest BCUT2D eigenvalue weighted by atomic mass is 9.91. The Morgan fingerprint density at radius 1 is 1.00 bits per heavy atom. The smallest absolute Gasteiger partial charge is 0.336 e. The largest absolute Gasteiger partial charge is 0.478 e. The van der Waals surface area contributed by atoms with E-state index >= 15 is 0 Å². The Morgan fingerprint density at radius 2 is 1.76 bits per heavy atom. The number of para-hydroxylation sites is 1. The fourth-order valence-corrected chi connectivity index (χ4v) is 4.85. The van der Waals surface area contributed by atoms with E-state index in [-0.39, 0.29) is 0 Å². The molecule has 0 bridgehead atoms. The zero-order chi connectivity index (χ0) is 22.9. The SMILES string of the molecule is O=C(O)c1c2c(nc3ccccc13)C(=Cc1ccc(Cl)cc1Cl)CN(Cc1ccccc1)C2. The van der Waals surface area contributed by atoms with Gasteiger partial charge in [-0.3, -0.25) is 4.90 Å². The first-order valence-corrected chi connectivity index (χ1v) is 11.3. The molecular weight excluding hydrogens is 455 g/mol. The number of hydrogen-bond donors (Lipinski definition) is 1. The van der Waals surface area contributed by atoms with Gasteiger partial charge in [0.25, 0.3) is 0 Å². The summed E-state index contributed by atoms with van der Waals surface area (Å²) >= 11 is 12.5. The second-order valence-corrected chi connectivity index (χ2v) is 8.95. The molecule has 0 saturated carbocycles.